The zero-order valence-electron chi connectivity index (χ0n) is 13.8. The first-order valence-corrected chi connectivity index (χ1v) is 8.97. The number of carbonyl (C=O) groups excluding carboxylic acids is 1. The molecule has 3 atom stereocenters. The SMILES string of the molecule is Cc1ccc(C(=O)OC[C@H]2O[C@@H](n3cc(I)c(=O)[nH]c3=O)C[C@@H]2F)cc1. The molecule has 9 heteroatoms. The van der Waals surface area contributed by atoms with Crippen LogP contribution in [0.15, 0.2) is 40.1 Å². The number of nitrogens with zero attached hydrogens (tertiary/aromatic N) is 1. The van der Waals surface area contributed by atoms with Crippen LogP contribution >= 0.6 is 22.6 Å². The molecule has 0 amide bonds. The van der Waals surface area contributed by atoms with Gasteiger partial charge in [-0.25, -0.2) is 14.0 Å². The second-order valence-electron chi connectivity index (χ2n) is 5.99. The molecule has 1 aliphatic heterocycles. The maximum absolute atomic E-state index is 14.2. The monoisotopic (exact) mass is 474 g/mol. The standard InChI is InChI=1S/C17H16FIN2O5/c1-9-2-4-10(5-3-9)16(23)25-8-13-11(18)6-14(26-13)21-7-12(19)15(22)20-17(21)24/h2-5,7,11,13-14H,6,8H2,1H3,(H,20,22,24)/t11-,13+,14+/m0/s1. The Morgan fingerprint density at radius 1 is 1.38 bits per heavy atom. The Bertz CT molecular complexity index is 924. The Morgan fingerprint density at radius 2 is 2.08 bits per heavy atom. The maximum atomic E-state index is 14.2. The van der Waals surface area contributed by atoms with Crippen LogP contribution in [0.2, 0.25) is 0 Å². The third kappa shape index (κ3) is 4.04. The average Bonchev–Trinajstić information content (AvgIpc) is 2.97. The van der Waals surface area contributed by atoms with E-state index in [2.05, 4.69) is 4.98 Å². The van der Waals surface area contributed by atoms with E-state index in [1.807, 2.05) is 6.92 Å². The number of hydrogen-bond acceptors (Lipinski definition) is 5. The molecule has 138 valence electrons. The van der Waals surface area contributed by atoms with Gasteiger partial charge in [-0.1, -0.05) is 17.7 Å². The molecule has 1 fully saturated rings. The molecular formula is C17H16FIN2O5. The molecule has 0 saturated carbocycles. The van der Waals surface area contributed by atoms with Crippen LogP contribution in [0, 0.1) is 10.5 Å². The van der Waals surface area contributed by atoms with Crippen LogP contribution in [0.4, 0.5) is 4.39 Å². The number of rotatable bonds is 4. The normalized spacial score (nSPS) is 22.3. The Balaban J connectivity index is 1.65. The second-order valence-corrected chi connectivity index (χ2v) is 7.15. The first kappa shape index (κ1) is 18.8. The van der Waals surface area contributed by atoms with E-state index in [0.717, 1.165) is 10.1 Å². The number of ether oxygens (including phenoxy) is 2. The van der Waals surface area contributed by atoms with Gasteiger partial charge in [0.25, 0.3) is 5.56 Å². The number of nitrogens with one attached hydrogen (secondary N) is 1. The summed E-state index contributed by atoms with van der Waals surface area (Å²) in [6, 6.07) is 6.82. The number of aryl methyl sites for hydroxylation is 1. The molecule has 1 aromatic heterocycles. The summed E-state index contributed by atoms with van der Waals surface area (Å²) >= 11 is 1.78. The number of hydrogen-bond donors (Lipinski definition) is 1. The van der Waals surface area contributed by atoms with Crippen molar-refractivity contribution in [3.8, 4) is 0 Å². The second kappa shape index (κ2) is 7.70. The summed E-state index contributed by atoms with van der Waals surface area (Å²) < 4.78 is 26.3. The fourth-order valence-corrected chi connectivity index (χ4v) is 3.05. The number of carbonyl (C=O) groups is 1. The molecule has 0 unspecified atom stereocenters. The van der Waals surface area contributed by atoms with Gasteiger partial charge in [-0.15, -0.1) is 0 Å². The average molecular weight is 474 g/mol. The molecule has 2 aromatic rings. The van der Waals surface area contributed by atoms with E-state index >= 15 is 0 Å². The molecule has 1 aromatic carbocycles. The van der Waals surface area contributed by atoms with Gasteiger partial charge < -0.3 is 9.47 Å². The minimum Gasteiger partial charge on any atom is -0.459 e. The van der Waals surface area contributed by atoms with Crippen molar-refractivity contribution in [2.24, 2.45) is 0 Å². The highest BCUT2D eigenvalue weighted by molar-refractivity contribution is 14.1. The molecule has 1 N–H and O–H groups in total. The minimum absolute atomic E-state index is 0.0746. The predicted octanol–water partition coefficient (Wildman–Crippen LogP) is 1.93. The summed E-state index contributed by atoms with van der Waals surface area (Å²) in [5, 5.41) is 0. The van der Waals surface area contributed by atoms with Gasteiger partial charge in [-0.2, -0.15) is 0 Å². The number of aromatic amines is 1. The fraction of sp³-hybridized carbons (Fsp3) is 0.353. The first-order valence-electron chi connectivity index (χ1n) is 7.89. The van der Waals surface area contributed by atoms with Gasteiger partial charge in [0.15, 0.2) is 0 Å². The third-order valence-electron chi connectivity index (χ3n) is 4.06. The van der Waals surface area contributed by atoms with Crippen LogP contribution < -0.4 is 11.2 Å². The van der Waals surface area contributed by atoms with E-state index in [-0.39, 0.29) is 16.6 Å². The number of H-pyrrole nitrogens is 1. The number of halogens is 2. The summed E-state index contributed by atoms with van der Waals surface area (Å²) in [5.41, 5.74) is 0.190. The van der Waals surface area contributed by atoms with Crippen LogP contribution in [-0.2, 0) is 9.47 Å². The van der Waals surface area contributed by atoms with Crippen molar-refractivity contribution >= 4 is 28.6 Å². The summed E-state index contributed by atoms with van der Waals surface area (Å²) in [7, 11) is 0. The van der Waals surface area contributed by atoms with E-state index in [1.165, 1.54) is 6.20 Å². The van der Waals surface area contributed by atoms with E-state index in [9.17, 15) is 18.8 Å². The summed E-state index contributed by atoms with van der Waals surface area (Å²) in [6.07, 6.45) is -2.01. The van der Waals surface area contributed by atoms with E-state index in [0.29, 0.717) is 5.56 Å². The largest absolute Gasteiger partial charge is 0.459 e. The third-order valence-corrected chi connectivity index (χ3v) is 4.83. The van der Waals surface area contributed by atoms with Crippen molar-refractivity contribution in [3.63, 3.8) is 0 Å². The van der Waals surface area contributed by atoms with Crippen molar-refractivity contribution in [2.45, 2.75) is 31.8 Å². The van der Waals surface area contributed by atoms with Crippen LogP contribution in [0.1, 0.15) is 28.6 Å². The summed E-state index contributed by atoms with van der Waals surface area (Å²) in [6.45, 7) is 1.63. The Kier molecular flexibility index (Phi) is 5.56. The summed E-state index contributed by atoms with van der Waals surface area (Å²) in [5.74, 6) is -0.569. The lowest BCUT2D eigenvalue weighted by Crippen LogP contribution is -2.33. The van der Waals surface area contributed by atoms with Crippen molar-refractivity contribution < 1.29 is 18.7 Å². The minimum atomic E-state index is -1.40. The molecule has 1 aliphatic rings. The van der Waals surface area contributed by atoms with Crippen molar-refractivity contribution in [1.29, 1.82) is 0 Å². The highest BCUT2D eigenvalue weighted by Crippen LogP contribution is 2.30. The molecule has 1 saturated heterocycles. The zero-order valence-corrected chi connectivity index (χ0v) is 15.9. The number of benzene rings is 1. The van der Waals surface area contributed by atoms with E-state index in [1.54, 1.807) is 46.9 Å². The van der Waals surface area contributed by atoms with Gasteiger partial charge in [-0.3, -0.25) is 14.3 Å². The Labute approximate surface area is 161 Å². The van der Waals surface area contributed by atoms with Gasteiger partial charge in [0.05, 0.1) is 9.13 Å². The van der Waals surface area contributed by atoms with Gasteiger partial charge in [0.1, 0.15) is 25.1 Å². The van der Waals surface area contributed by atoms with E-state index in [4.69, 9.17) is 9.47 Å². The van der Waals surface area contributed by atoms with E-state index < -0.39 is 35.7 Å². The molecule has 7 nitrogen and oxygen atoms in total. The van der Waals surface area contributed by atoms with Crippen molar-refractivity contribution in [1.82, 2.24) is 9.55 Å². The first-order chi connectivity index (χ1) is 12.3. The fourth-order valence-electron chi connectivity index (χ4n) is 2.62. The van der Waals surface area contributed by atoms with Crippen LogP contribution in [0.5, 0.6) is 0 Å². The van der Waals surface area contributed by atoms with Crippen LogP contribution in [0.25, 0.3) is 0 Å². The smallest absolute Gasteiger partial charge is 0.338 e. The quantitative estimate of drug-likeness (QED) is 0.541. The van der Waals surface area contributed by atoms with Gasteiger partial charge in [-0.05, 0) is 41.6 Å². The molecule has 3 rings (SSSR count). The highest BCUT2D eigenvalue weighted by Gasteiger charge is 2.38. The maximum Gasteiger partial charge on any atom is 0.338 e. The van der Waals surface area contributed by atoms with Crippen LogP contribution in [0.3, 0.4) is 0 Å². The molecule has 0 aliphatic carbocycles. The Hall–Kier alpha value is -2.01. The summed E-state index contributed by atoms with van der Waals surface area (Å²) in [4.78, 5) is 37.5. The number of esters is 1. The predicted molar refractivity (Wildman–Crippen MR) is 98.9 cm³/mol. The van der Waals surface area contributed by atoms with Gasteiger partial charge in [0, 0.05) is 12.6 Å². The molecule has 0 bridgehead atoms. The molecule has 0 spiro atoms. The lowest BCUT2D eigenvalue weighted by atomic mass is 10.1. The number of alkyl halides is 1. The van der Waals surface area contributed by atoms with Crippen LogP contribution in [-0.4, -0.2) is 34.4 Å². The molecule has 0 radical (unpaired) electrons. The highest BCUT2D eigenvalue weighted by atomic mass is 127. The van der Waals surface area contributed by atoms with Gasteiger partial charge >= 0.3 is 11.7 Å². The molecule has 2 heterocycles. The lowest BCUT2D eigenvalue weighted by Gasteiger charge is -2.16. The molecular weight excluding hydrogens is 458 g/mol. The lowest BCUT2D eigenvalue weighted by molar-refractivity contribution is -0.0440. The van der Waals surface area contributed by atoms with Crippen molar-refractivity contribution in [3.05, 3.63) is 66.0 Å². The van der Waals surface area contributed by atoms with Crippen molar-refractivity contribution in [2.75, 3.05) is 6.61 Å². The Morgan fingerprint density at radius 3 is 2.77 bits per heavy atom. The topological polar surface area (TPSA) is 90.4 Å². The number of aromatic nitrogens is 2. The zero-order chi connectivity index (χ0) is 18.8. The van der Waals surface area contributed by atoms with Gasteiger partial charge in [0.2, 0.25) is 0 Å². The molecule has 26 heavy (non-hydrogen) atoms.